The molecule has 0 bridgehead atoms. The van der Waals surface area contributed by atoms with Gasteiger partial charge in [0.15, 0.2) is 11.6 Å². The first-order valence-electron chi connectivity index (χ1n) is 4.18. The van der Waals surface area contributed by atoms with Crippen LogP contribution in [0.3, 0.4) is 0 Å². The second-order valence-electron chi connectivity index (χ2n) is 2.94. The molecule has 0 saturated carbocycles. The van der Waals surface area contributed by atoms with E-state index in [2.05, 4.69) is 10.2 Å². The molecule has 0 unspecified atom stereocenters. The minimum atomic E-state index is -0.944. The first kappa shape index (κ1) is 9.51. The molecule has 2 rings (SSSR count). The lowest BCUT2D eigenvalue weighted by Gasteiger charge is -1.99. The fraction of sp³-hybridized carbons (Fsp3) is 0. The number of aromatic nitrogens is 2. The summed E-state index contributed by atoms with van der Waals surface area (Å²) in [4.78, 5) is 10.7. The molecule has 0 radical (unpaired) electrons. The first-order chi connectivity index (χ1) is 7.16. The Labute approximate surface area is 83.4 Å². The van der Waals surface area contributed by atoms with Gasteiger partial charge in [0.25, 0.3) is 5.56 Å². The van der Waals surface area contributed by atoms with Crippen LogP contribution in [0, 0.1) is 11.6 Å². The van der Waals surface area contributed by atoms with Crippen LogP contribution in [0.5, 0.6) is 0 Å². The molecule has 0 aliphatic rings. The van der Waals surface area contributed by atoms with Gasteiger partial charge < -0.3 is 0 Å². The second-order valence-corrected chi connectivity index (χ2v) is 2.94. The number of hydrogen-bond acceptors (Lipinski definition) is 2. The molecule has 2 aromatic rings. The molecule has 15 heavy (non-hydrogen) atoms. The van der Waals surface area contributed by atoms with Gasteiger partial charge in [-0.2, -0.15) is 5.10 Å². The summed E-state index contributed by atoms with van der Waals surface area (Å²) in [5, 5.41) is 5.90. The Hall–Kier alpha value is -2.04. The molecule has 5 heteroatoms. The SMILES string of the molecule is O=c1ccc(-c2ccc(F)c(F)c2)n[nH]1. The Morgan fingerprint density at radius 2 is 1.87 bits per heavy atom. The van der Waals surface area contributed by atoms with E-state index in [4.69, 9.17) is 0 Å². The summed E-state index contributed by atoms with van der Waals surface area (Å²) >= 11 is 0. The topological polar surface area (TPSA) is 45.8 Å². The maximum atomic E-state index is 12.9. The molecule has 0 aliphatic carbocycles. The molecular weight excluding hydrogens is 202 g/mol. The maximum Gasteiger partial charge on any atom is 0.264 e. The third kappa shape index (κ3) is 1.90. The van der Waals surface area contributed by atoms with Crippen LogP contribution < -0.4 is 5.56 Å². The molecule has 0 spiro atoms. The quantitative estimate of drug-likeness (QED) is 0.775. The Morgan fingerprint density at radius 3 is 2.47 bits per heavy atom. The first-order valence-corrected chi connectivity index (χ1v) is 4.18. The van der Waals surface area contributed by atoms with Gasteiger partial charge >= 0.3 is 0 Å². The van der Waals surface area contributed by atoms with E-state index >= 15 is 0 Å². The van der Waals surface area contributed by atoms with Gasteiger partial charge in [-0.3, -0.25) is 4.79 Å². The van der Waals surface area contributed by atoms with Crippen molar-refractivity contribution in [1.29, 1.82) is 0 Å². The fourth-order valence-electron chi connectivity index (χ4n) is 1.16. The molecule has 0 atom stereocenters. The minimum Gasteiger partial charge on any atom is -0.268 e. The van der Waals surface area contributed by atoms with Gasteiger partial charge in [-0.25, -0.2) is 13.9 Å². The zero-order valence-corrected chi connectivity index (χ0v) is 7.50. The molecule has 0 fully saturated rings. The zero-order valence-electron chi connectivity index (χ0n) is 7.50. The Balaban J connectivity index is 2.50. The Kier molecular flexibility index (Phi) is 2.29. The van der Waals surface area contributed by atoms with E-state index in [-0.39, 0.29) is 5.56 Å². The van der Waals surface area contributed by atoms with Crippen molar-refractivity contribution in [3.63, 3.8) is 0 Å². The normalized spacial score (nSPS) is 10.3. The third-order valence-electron chi connectivity index (χ3n) is 1.89. The van der Waals surface area contributed by atoms with Crippen molar-refractivity contribution < 1.29 is 8.78 Å². The highest BCUT2D eigenvalue weighted by Crippen LogP contribution is 2.17. The number of hydrogen-bond donors (Lipinski definition) is 1. The molecule has 1 aromatic carbocycles. The van der Waals surface area contributed by atoms with Crippen molar-refractivity contribution in [2.24, 2.45) is 0 Å². The summed E-state index contributed by atoms with van der Waals surface area (Å²) in [5.74, 6) is -1.86. The maximum absolute atomic E-state index is 12.9. The number of aromatic amines is 1. The van der Waals surface area contributed by atoms with Crippen LogP contribution in [0.1, 0.15) is 0 Å². The van der Waals surface area contributed by atoms with E-state index in [1.165, 1.54) is 18.2 Å². The van der Waals surface area contributed by atoms with Crippen molar-refractivity contribution in [2.45, 2.75) is 0 Å². The van der Waals surface area contributed by atoms with Crippen molar-refractivity contribution in [1.82, 2.24) is 10.2 Å². The molecule has 3 nitrogen and oxygen atoms in total. The van der Waals surface area contributed by atoms with Crippen LogP contribution >= 0.6 is 0 Å². The summed E-state index contributed by atoms with van der Waals surface area (Å²) in [7, 11) is 0. The van der Waals surface area contributed by atoms with Gasteiger partial charge in [-0.15, -0.1) is 0 Å². The van der Waals surface area contributed by atoms with E-state index in [0.29, 0.717) is 11.3 Å². The average molecular weight is 208 g/mol. The van der Waals surface area contributed by atoms with Crippen molar-refractivity contribution >= 4 is 0 Å². The lowest BCUT2D eigenvalue weighted by atomic mass is 10.1. The van der Waals surface area contributed by atoms with Gasteiger partial charge in [0, 0.05) is 11.6 Å². The van der Waals surface area contributed by atoms with E-state index in [1.54, 1.807) is 0 Å². The van der Waals surface area contributed by atoms with Crippen LogP contribution in [0.25, 0.3) is 11.3 Å². The zero-order chi connectivity index (χ0) is 10.8. The fourth-order valence-corrected chi connectivity index (χ4v) is 1.16. The second kappa shape index (κ2) is 3.61. The Morgan fingerprint density at radius 1 is 1.07 bits per heavy atom. The van der Waals surface area contributed by atoms with E-state index < -0.39 is 11.6 Å². The van der Waals surface area contributed by atoms with Crippen molar-refractivity contribution in [3.05, 3.63) is 52.3 Å². The molecular formula is C10H6F2N2O. The summed E-state index contributed by atoms with van der Waals surface area (Å²) in [6, 6.07) is 6.13. The number of rotatable bonds is 1. The van der Waals surface area contributed by atoms with Gasteiger partial charge in [-0.1, -0.05) is 0 Å². The van der Waals surface area contributed by atoms with Gasteiger partial charge in [-0.05, 0) is 24.3 Å². The van der Waals surface area contributed by atoms with Crippen LogP contribution in [0.2, 0.25) is 0 Å². The third-order valence-corrected chi connectivity index (χ3v) is 1.89. The van der Waals surface area contributed by atoms with Gasteiger partial charge in [0.1, 0.15) is 0 Å². The van der Waals surface area contributed by atoms with Crippen LogP contribution in [0.4, 0.5) is 8.78 Å². The van der Waals surface area contributed by atoms with E-state index in [0.717, 1.165) is 12.1 Å². The molecule has 1 aromatic heterocycles. The highest BCUT2D eigenvalue weighted by atomic mass is 19.2. The average Bonchev–Trinajstić information content (AvgIpc) is 2.23. The molecule has 0 aliphatic heterocycles. The van der Waals surface area contributed by atoms with E-state index in [1.807, 2.05) is 0 Å². The minimum absolute atomic E-state index is 0.346. The lowest BCUT2D eigenvalue weighted by Crippen LogP contribution is -2.05. The molecule has 76 valence electrons. The number of nitrogens with zero attached hydrogens (tertiary/aromatic N) is 1. The summed E-state index contributed by atoms with van der Waals surface area (Å²) in [5.41, 5.74) is 0.444. The molecule has 1 heterocycles. The van der Waals surface area contributed by atoms with Crippen LogP contribution in [-0.2, 0) is 0 Å². The molecule has 0 amide bonds. The predicted molar refractivity (Wildman–Crippen MR) is 50.2 cm³/mol. The smallest absolute Gasteiger partial charge is 0.264 e. The standard InChI is InChI=1S/C10H6F2N2O/c11-7-2-1-6(5-8(7)12)9-3-4-10(15)14-13-9/h1-5H,(H,14,15). The summed E-state index contributed by atoms with van der Waals surface area (Å²) in [6.07, 6.45) is 0. The molecule has 0 saturated heterocycles. The van der Waals surface area contributed by atoms with Gasteiger partial charge in [0.2, 0.25) is 0 Å². The largest absolute Gasteiger partial charge is 0.268 e. The predicted octanol–water partition coefficient (Wildman–Crippen LogP) is 1.72. The number of H-pyrrole nitrogens is 1. The van der Waals surface area contributed by atoms with E-state index in [9.17, 15) is 13.6 Å². The number of nitrogens with one attached hydrogen (secondary N) is 1. The number of halogens is 2. The highest BCUT2D eigenvalue weighted by molar-refractivity contribution is 5.58. The molecule has 1 N–H and O–H groups in total. The van der Waals surface area contributed by atoms with Gasteiger partial charge in [0.05, 0.1) is 5.69 Å². The van der Waals surface area contributed by atoms with Crippen molar-refractivity contribution in [3.8, 4) is 11.3 Å². The lowest BCUT2D eigenvalue weighted by molar-refractivity contribution is 0.509. The van der Waals surface area contributed by atoms with Crippen LogP contribution in [0.15, 0.2) is 35.1 Å². The summed E-state index contributed by atoms with van der Waals surface area (Å²) in [6.45, 7) is 0. The number of benzene rings is 1. The monoisotopic (exact) mass is 208 g/mol. The van der Waals surface area contributed by atoms with Crippen LogP contribution in [-0.4, -0.2) is 10.2 Å². The van der Waals surface area contributed by atoms with Crippen molar-refractivity contribution in [2.75, 3.05) is 0 Å². The summed E-state index contributed by atoms with van der Waals surface area (Å²) < 4.78 is 25.5. The Bertz CT molecular complexity index is 531. The highest BCUT2D eigenvalue weighted by Gasteiger charge is 2.05.